The van der Waals surface area contributed by atoms with Crippen molar-refractivity contribution in [2.75, 3.05) is 6.61 Å². The van der Waals surface area contributed by atoms with Crippen LogP contribution < -0.4 is 10.1 Å². The maximum Gasteiger partial charge on any atom is 0.255 e. The Morgan fingerprint density at radius 3 is 2.44 bits per heavy atom. The maximum absolute atomic E-state index is 13.2. The highest BCUT2D eigenvalue weighted by atomic mass is 16.5. The molecule has 0 saturated carbocycles. The van der Waals surface area contributed by atoms with Gasteiger partial charge in [0.25, 0.3) is 5.91 Å². The van der Waals surface area contributed by atoms with Gasteiger partial charge in [-0.2, -0.15) is 0 Å². The molecule has 1 aliphatic carbocycles. The van der Waals surface area contributed by atoms with Gasteiger partial charge in [0.05, 0.1) is 6.61 Å². The number of nitrogens with one attached hydrogen (secondary N) is 2. The number of hydrogen-bond donors (Lipinski definition) is 3. The number of carbonyl (C=O) groups excluding carboxylic acids is 2. The van der Waals surface area contributed by atoms with E-state index in [1.165, 1.54) is 27.9 Å². The summed E-state index contributed by atoms with van der Waals surface area (Å²) in [6, 6.07) is 39.5. The van der Waals surface area contributed by atoms with Crippen LogP contribution in [0.1, 0.15) is 87.8 Å². The molecule has 3 N–H and O–H groups in total. The third-order valence-electron chi connectivity index (χ3n) is 11.8. The Bertz CT molecular complexity index is 2410. The second kappa shape index (κ2) is 14.6. The van der Waals surface area contributed by atoms with Gasteiger partial charge >= 0.3 is 0 Å². The molecule has 9 rings (SSSR count). The summed E-state index contributed by atoms with van der Waals surface area (Å²) in [4.78, 5) is 31.1. The number of benzene rings is 5. The molecule has 1 saturated heterocycles. The fraction of sp³-hybridized carbons (Fsp3) is 0.250. The Balaban J connectivity index is 0.804. The van der Waals surface area contributed by atoms with E-state index >= 15 is 0 Å². The lowest BCUT2D eigenvalue weighted by Crippen LogP contribution is -2.49. The van der Waals surface area contributed by atoms with Gasteiger partial charge in [0, 0.05) is 40.3 Å². The fourth-order valence-corrected chi connectivity index (χ4v) is 9.00. The molecule has 2 amide bonds. The molecule has 7 nitrogen and oxygen atoms in total. The third-order valence-corrected chi connectivity index (χ3v) is 11.8. The molecule has 0 unspecified atom stereocenters. The van der Waals surface area contributed by atoms with Crippen LogP contribution in [0, 0.1) is 0 Å². The number of unbranched alkanes of at least 4 members (excludes halogenated alkanes) is 1. The summed E-state index contributed by atoms with van der Waals surface area (Å²) >= 11 is 0. The van der Waals surface area contributed by atoms with Crippen LogP contribution in [0.15, 0.2) is 128 Å². The molecule has 5 aromatic carbocycles. The molecule has 0 radical (unpaired) electrons. The van der Waals surface area contributed by atoms with Crippen molar-refractivity contribution in [3.63, 3.8) is 0 Å². The van der Waals surface area contributed by atoms with Crippen LogP contribution in [-0.2, 0) is 24.2 Å². The van der Waals surface area contributed by atoms with Gasteiger partial charge in [-0.1, -0.05) is 67.2 Å². The molecule has 7 heteroatoms. The van der Waals surface area contributed by atoms with E-state index in [0.29, 0.717) is 48.9 Å². The molecule has 0 spiro atoms. The average Bonchev–Trinajstić information content (AvgIpc) is 3.77. The minimum Gasteiger partial charge on any atom is -0.508 e. The number of phenols is 1. The first-order valence-corrected chi connectivity index (χ1v) is 19.5. The zero-order valence-electron chi connectivity index (χ0n) is 30.9. The first-order chi connectivity index (χ1) is 26.9. The molecular formula is C48H45N3O4. The van der Waals surface area contributed by atoms with Crippen LogP contribution in [0.5, 0.6) is 11.5 Å². The van der Waals surface area contributed by atoms with Crippen molar-refractivity contribution in [1.29, 1.82) is 0 Å². The molecule has 276 valence electrons. The van der Waals surface area contributed by atoms with Crippen LogP contribution in [0.4, 0.5) is 0 Å². The van der Waals surface area contributed by atoms with Crippen LogP contribution in [0.2, 0.25) is 0 Å². The normalized spacial score (nSPS) is 19.3. The number of nitrogens with zero attached hydrogens (tertiary/aromatic N) is 1. The number of hydrogen-bond acceptors (Lipinski definition) is 4. The Morgan fingerprint density at radius 1 is 0.782 bits per heavy atom. The molecule has 3 aliphatic rings. The van der Waals surface area contributed by atoms with Gasteiger partial charge < -0.3 is 25.0 Å². The first-order valence-electron chi connectivity index (χ1n) is 19.5. The molecular weight excluding hydrogens is 683 g/mol. The molecule has 6 aromatic rings. The number of ether oxygens (including phenoxy) is 1. The predicted octanol–water partition coefficient (Wildman–Crippen LogP) is 9.55. The number of aromatic nitrogens is 1. The number of aromatic hydroxyl groups is 1. The van der Waals surface area contributed by atoms with E-state index in [9.17, 15) is 14.7 Å². The van der Waals surface area contributed by atoms with Crippen LogP contribution in [-0.4, -0.2) is 39.5 Å². The van der Waals surface area contributed by atoms with Crippen molar-refractivity contribution in [1.82, 2.24) is 15.2 Å². The zero-order chi connectivity index (χ0) is 37.5. The van der Waals surface area contributed by atoms with Crippen LogP contribution in [0.25, 0.3) is 22.0 Å². The molecule has 0 bridgehead atoms. The topological polar surface area (TPSA) is 94.7 Å². The predicted molar refractivity (Wildman–Crippen MR) is 216 cm³/mol. The molecule has 1 fully saturated rings. The monoisotopic (exact) mass is 727 g/mol. The van der Waals surface area contributed by atoms with Gasteiger partial charge in [-0.15, -0.1) is 0 Å². The summed E-state index contributed by atoms with van der Waals surface area (Å²) in [5, 5.41) is 14.1. The van der Waals surface area contributed by atoms with Gasteiger partial charge in [0.1, 0.15) is 17.5 Å². The van der Waals surface area contributed by atoms with Gasteiger partial charge in [-0.3, -0.25) is 9.59 Å². The smallest absolute Gasteiger partial charge is 0.255 e. The molecule has 3 atom stereocenters. The van der Waals surface area contributed by atoms with Crippen molar-refractivity contribution in [2.24, 2.45) is 0 Å². The van der Waals surface area contributed by atoms with Crippen LogP contribution >= 0.6 is 0 Å². The third kappa shape index (κ3) is 6.91. The van der Waals surface area contributed by atoms with Crippen molar-refractivity contribution in [2.45, 2.75) is 69.4 Å². The SMILES string of the molecule is C=C1CC[C@H](N2Cc3cc(-c4ccc5[nH]c(CCCCOc6ccc([C@@H]7c8ccc(O)cc8CC[C@@H]7c7ccccc7)cc6)cc5c4)ccc3C2=O)C(=O)N1. The van der Waals surface area contributed by atoms with Crippen molar-refractivity contribution >= 4 is 22.7 Å². The summed E-state index contributed by atoms with van der Waals surface area (Å²) in [6.45, 7) is 4.96. The zero-order valence-corrected chi connectivity index (χ0v) is 30.9. The first kappa shape index (κ1) is 34.7. The number of aryl methyl sites for hydroxylation is 2. The van der Waals surface area contributed by atoms with E-state index in [2.05, 4.69) is 108 Å². The molecule has 1 aromatic heterocycles. The number of piperidine rings is 1. The largest absolute Gasteiger partial charge is 0.508 e. The van der Waals surface area contributed by atoms with Gasteiger partial charge in [-0.25, -0.2) is 0 Å². The number of phenolic OH excluding ortho intramolecular Hbond substituents is 1. The molecule has 2 aliphatic heterocycles. The average molecular weight is 728 g/mol. The number of fused-ring (bicyclic) bond motifs is 3. The lowest BCUT2D eigenvalue weighted by Gasteiger charge is -2.34. The van der Waals surface area contributed by atoms with Crippen molar-refractivity contribution < 1.29 is 19.4 Å². The van der Waals surface area contributed by atoms with Crippen molar-refractivity contribution in [3.8, 4) is 22.6 Å². The van der Waals surface area contributed by atoms with Crippen molar-refractivity contribution in [3.05, 3.63) is 167 Å². The standard InChI is InChI=1S/C48H45N3O4/c1-30-10-23-45(47(53)49-30)51-29-37-26-33(13-20-43(37)48(51)54)34-15-22-44-36(25-34)27-38(50-44)9-5-6-24-55-40-17-11-32(12-18-40)46-41(31-7-3-2-4-8-31)19-14-35-28-39(52)16-21-42(35)46/h2-4,7-8,11-13,15-18,20-22,25-28,41,45-46,50,52H,1,5-6,9-10,14,19,23-24,29H2,(H,49,53)/t41-,45+,46+/m1/s1. The van der Waals surface area contributed by atoms with E-state index in [-0.39, 0.29) is 17.7 Å². The summed E-state index contributed by atoms with van der Waals surface area (Å²) < 4.78 is 6.20. The summed E-state index contributed by atoms with van der Waals surface area (Å²) in [6.07, 6.45) is 6.17. The number of carbonyl (C=O) groups is 2. The number of amides is 2. The highest BCUT2D eigenvalue weighted by Crippen LogP contribution is 2.47. The van der Waals surface area contributed by atoms with Crippen LogP contribution in [0.3, 0.4) is 0 Å². The lowest BCUT2D eigenvalue weighted by molar-refractivity contribution is -0.126. The maximum atomic E-state index is 13.2. The molecule has 3 heterocycles. The van der Waals surface area contributed by atoms with Gasteiger partial charge in [-0.05, 0) is 144 Å². The van der Waals surface area contributed by atoms with E-state index < -0.39 is 6.04 Å². The van der Waals surface area contributed by atoms with E-state index in [0.717, 1.165) is 65.4 Å². The minimum absolute atomic E-state index is 0.0789. The molecule has 55 heavy (non-hydrogen) atoms. The van der Waals surface area contributed by atoms with E-state index in [1.54, 1.807) is 4.90 Å². The fourth-order valence-electron chi connectivity index (χ4n) is 9.00. The Labute approximate surface area is 321 Å². The number of aromatic amines is 1. The quantitative estimate of drug-likeness (QED) is 0.123. The second-order valence-corrected chi connectivity index (χ2v) is 15.3. The Morgan fingerprint density at radius 2 is 1.60 bits per heavy atom. The number of rotatable bonds is 10. The number of allylic oxidation sites excluding steroid dienone is 1. The summed E-state index contributed by atoms with van der Waals surface area (Å²) in [7, 11) is 0. The van der Waals surface area contributed by atoms with E-state index in [4.69, 9.17) is 4.74 Å². The van der Waals surface area contributed by atoms with E-state index in [1.807, 2.05) is 24.3 Å². The highest BCUT2D eigenvalue weighted by Gasteiger charge is 2.38. The second-order valence-electron chi connectivity index (χ2n) is 15.3. The highest BCUT2D eigenvalue weighted by molar-refractivity contribution is 6.02. The lowest BCUT2D eigenvalue weighted by atomic mass is 9.69. The summed E-state index contributed by atoms with van der Waals surface area (Å²) in [5.41, 5.74) is 12.0. The van der Waals surface area contributed by atoms with Gasteiger partial charge in [0.15, 0.2) is 0 Å². The van der Waals surface area contributed by atoms with Gasteiger partial charge in [0.2, 0.25) is 5.91 Å². The minimum atomic E-state index is -0.459. The Kier molecular flexibility index (Phi) is 9.22. The summed E-state index contributed by atoms with van der Waals surface area (Å²) in [5.74, 6) is 1.58. The number of H-pyrrole nitrogens is 1. The Hall–Kier alpha value is -6.08.